The van der Waals surface area contributed by atoms with Gasteiger partial charge in [-0.3, -0.25) is 4.98 Å². The second kappa shape index (κ2) is 7.39. The molecule has 6 nitrogen and oxygen atoms in total. The molecule has 1 saturated carbocycles. The van der Waals surface area contributed by atoms with Crippen LogP contribution in [0.4, 0.5) is 19.0 Å². The number of halogens is 3. The van der Waals surface area contributed by atoms with Gasteiger partial charge in [0.05, 0.1) is 11.2 Å². The molecule has 0 unspecified atom stereocenters. The van der Waals surface area contributed by atoms with Crippen molar-refractivity contribution in [2.24, 2.45) is 0 Å². The molecule has 3 aromatic rings. The van der Waals surface area contributed by atoms with Crippen molar-refractivity contribution in [3.63, 3.8) is 0 Å². The van der Waals surface area contributed by atoms with Crippen LogP contribution in [0.5, 0.6) is 5.75 Å². The molecule has 2 heterocycles. The number of anilines is 1. The summed E-state index contributed by atoms with van der Waals surface area (Å²) >= 11 is 0. The Labute approximate surface area is 170 Å². The molecule has 158 valence electrons. The second-order valence-electron chi connectivity index (χ2n) is 7.98. The number of hydrogen-bond donors (Lipinski definition) is 3. The largest absolute Gasteiger partial charge is 0.507 e. The number of pyridine rings is 1. The minimum absolute atomic E-state index is 0.0109. The number of fused-ring (bicyclic) bond motifs is 1. The fraction of sp³-hybridized carbons (Fsp3) is 0.381. The zero-order valence-electron chi connectivity index (χ0n) is 16.2. The summed E-state index contributed by atoms with van der Waals surface area (Å²) in [7, 11) is 0. The van der Waals surface area contributed by atoms with E-state index in [0.29, 0.717) is 29.1 Å². The fourth-order valence-corrected chi connectivity index (χ4v) is 3.99. The molecule has 2 atom stereocenters. The van der Waals surface area contributed by atoms with Crippen LogP contribution in [-0.2, 0) is 6.18 Å². The van der Waals surface area contributed by atoms with Gasteiger partial charge in [-0.25, -0.2) is 0 Å². The zero-order chi connectivity index (χ0) is 21.5. The van der Waals surface area contributed by atoms with Crippen LogP contribution in [0.1, 0.15) is 38.2 Å². The molecular formula is C21H21F3N4O2. The lowest BCUT2D eigenvalue weighted by Gasteiger charge is -2.34. The Morgan fingerprint density at radius 1 is 1.17 bits per heavy atom. The van der Waals surface area contributed by atoms with E-state index in [1.165, 1.54) is 6.07 Å². The van der Waals surface area contributed by atoms with E-state index in [1.807, 2.05) is 6.92 Å². The summed E-state index contributed by atoms with van der Waals surface area (Å²) in [5.74, 6) is -0.0442. The number of aliphatic hydroxyl groups is 1. The lowest BCUT2D eigenvalue weighted by atomic mass is 9.83. The van der Waals surface area contributed by atoms with Gasteiger partial charge in [0.25, 0.3) is 0 Å². The number of alkyl halides is 3. The second-order valence-corrected chi connectivity index (χ2v) is 7.98. The molecule has 0 saturated heterocycles. The molecule has 1 aromatic carbocycles. The van der Waals surface area contributed by atoms with Gasteiger partial charge in [0, 0.05) is 34.8 Å². The molecule has 0 bridgehead atoms. The third-order valence-electron chi connectivity index (χ3n) is 5.46. The number of nitrogens with zero attached hydrogens (tertiary/aromatic N) is 3. The molecule has 9 heteroatoms. The summed E-state index contributed by atoms with van der Waals surface area (Å²) in [6, 6.07) is 4.46. The third-order valence-corrected chi connectivity index (χ3v) is 5.46. The highest BCUT2D eigenvalue weighted by Gasteiger charge is 2.32. The van der Waals surface area contributed by atoms with Crippen LogP contribution >= 0.6 is 0 Å². The molecule has 3 N–H and O–H groups in total. The van der Waals surface area contributed by atoms with Gasteiger partial charge >= 0.3 is 6.18 Å². The first-order valence-electron chi connectivity index (χ1n) is 9.64. The van der Waals surface area contributed by atoms with E-state index in [2.05, 4.69) is 20.5 Å². The van der Waals surface area contributed by atoms with Crippen LogP contribution in [0.25, 0.3) is 22.0 Å². The highest BCUT2D eigenvalue weighted by molar-refractivity contribution is 6.00. The van der Waals surface area contributed by atoms with Crippen molar-refractivity contribution in [2.75, 3.05) is 5.32 Å². The lowest BCUT2D eigenvalue weighted by Crippen LogP contribution is -2.38. The van der Waals surface area contributed by atoms with Crippen LogP contribution in [0.2, 0.25) is 0 Å². The minimum Gasteiger partial charge on any atom is -0.507 e. The van der Waals surface area contributed by atoms with E-state index in [1.54, 1.807) is 18.5 Å². The van der Waals surface area contributed by atoms with Crippen molar-refractivity contribution in [1.82, 2.24) is 15.2 Å². The van der Waals surface area contributed by atoms with Gasteiger partial charge in [-0.05, 0) is 56.9 Å². The van der Waals surface area contributed by atoms with E-state index in [4.69, 9.17) is 0 Å². The minimum atomic E-state index is -4.55. The molecule has 30 heavy (non-hydrogen) atoms. The highest BCUT2D eigenvalue weighted by Crippen LogP contribution is 2.39. The maximum Gasteiger partial charge on any atom is 0.416 e. The summed E-state index contributed by atoms with van der Waals surface area (Å²) in [5.41, 5.74) is -1.27. The van der Waals surface area contributed by atoms with Crippen LogP contribution in [0.3, 0.4) is 0 Å². The lowest BCUT2D eigenvalue weighted by molar-refractivity contribution is -0.137. The molecule has 0 amide bonds. The zero-order valence-corrected chi connectivity index (χ0v) is 16.2. The number of aromatic nitrogens is 3. The number of nitrogens with one attached hydrogen (secondary N) is 1. The quantitative estimate of drug-likeness (QED) is 0.579. The van der Waals surface area contributed by atoms with Crippen molar-refractivity contribution in [3.8, 4) is 17.0 Å². The molecule has 4 rings (SSSR count). The van der Waals surface area contributed by atoms with Gasteiger partial charge in [-0.15, -0.1) is 10.2 Å². The Morgan fingerprint density at radius 2 is 1.97 bits per heavy atom. The number of aromatic hydroxyl groups is 1. The Morgan fingerprint density at radius 3 is 2.67 bits per heavy atom. The summed E-state index contributed by atoms with van der Waals surface area (Å²) in [6.45, 7) is 1.81. The Balaban J connectivity index is 1.73. The summed E-state index contributed by atoms with van der Waals surface area (Å²) < 4.78 is 38.7. The van der Waals surface area contributed by atoms with E-state index >= 15 is 0 Å². The molecule has 0 aliphatic heterocycles. The highest BCUT2D eigenvalue weighted by atomic mass is 19.4. The Kier molecular flexibility index (Phi) is 5.01. The van der Waals surface area contributed by atoms with E-state index in [0.717, 1.165) is 25.3 Å². The third kappa shape index (κ3) is 4.02. The molecule has 1 aliphatic rings. The van der Waals surface area contributed by atoms with E-state index < -0.39 is 23.1 Å². The first-order valence-corrected chi connectivity index (χ1v) is 9.64. The van der Waals surface area contributed by atoms with Crippen molar-refractivity contribution in [3.05, 3.63) is 42.2 Å². The van der Waals surface area contributed by atoms with Gasteiger partial charge in [0.2, 0.25) is 0 Å². The van der Waals surface area contributed by atoms with E-state index in [9.17, 15) is 23.4 Å². The number of hydrogen-bond acceptors (Lipinski definition) is 6. The summed E-state index contributed by atoms with van der Waals surface area (Å²) in [4.78, 5) is 4.13. The van der Waals surface area contributed by atoms with Gasteiger partial charge in [0.1, 0.15) is 11.4 Å². The van der Waals surface area contributed by atoms with E-state index in [-0.39, 0.29) is 17.3 Å². The van der Waals surface area contributed by atoms with Crippen molar-refractivity contribution in [1.29, 1.82) is 0 Å². The molecular weight excluding hydrogens is 397 g/mol. The predicted molar refractivity (Wildman–Crippen MR) is 106 cm³/mol. The van der Waals surface area contributed by atoms with Gasteiger partial charge in [-0.1, -0.05) is 0 Å². The standard InChI is InChI=1S/C21H21F3N4O2/c1-20(30)7-2-3-13(10-20)26-19-16-11-25-8-6-14(16)18(27-28-19)15-5-4-12(9-17(15)29)21(22,23)24/h4-6,8-9,11,13,29-30H,2-3,7,10H2,1H3,(H,26,28)/t13-,20-/m0/s1. The maximum absolute atomic E-state index is 12.9. The normalized spacial score (nSPS) is 22.2. The Bertz CT molecular complexity index is 1090. The first kappa shape index (κ1) is 20.3. The molecule has 1 fully saturated rings. The molecule has 1 aliphatic carbocycles. The average molecular weight is 418 g/mol. The van der Waals surface area contributed by atoms with Crippen molar-refractivity contribution >= 4 is 16.6 Å². The van der Waals surface area contributed by atoms with Gasteiger partial charge in [-0.2, -0.15) is 13.2 Å². The number of rotatable bonds is 3. The smallest absolute Gasteiger partial charge is 0.416 e. The van der Waals surface area contributed by atoms with Crippen LogP contribution in [-0.4, -0.2) is 37.0 Å². The molecule has 2 aromatic heterocycles. The van der Waals surface area contributed by atoms with Gasteiger partial charge in [0.15, 0.2) is 5.82 Å². The fourth-order valence-electron chi connectivity index (χ4n) is 3.99. The monoisotopic (exact) mass is 418 g/mol. The average Bonchev–Trinajstić information content (AvgIpc) is 2.67. The SMILES string of the molecule is C[C@]1(O)CCC[C@H](Nc2nnc(-c3ccc(C(F)(F)F)cc3O)c3ccncc23)C1. The van der Waals surface area contributed by atoms with Crippen LogP contribution in [0, 0.1) is 0 Å². The first-order chi connectivity index (χ1) is 14.1. The summed E-state index contributed by atoms with van der Waals surface area (Å²) in [6.07, 6.45) is 1.65. The number of phenols is 1. The van der Waals surface area contributed by atoms with Crippen molar-refractivity contribution < 1.29 is 23.4 Å². The molecule has 0 radical (unpaired) electrons. The van der Waals surface area contributed by atoms with Crippen LogP contribution < -0.4 is 5.32 Å². The number of benzene rings is 1. The molecule has 0 spiro atoms. The summed E-state index contributed by atoms with van der Waals surface area (Å²) in [5, 5.41) is 33.5. The van der Waals surface area contributed by atoms with Gasteiger partial charge < -0.3 is 15.5 Å². The Hall–Kier alpha value is -2.94. The maximum atomic E-state index is 12.9. The van der Waals surface area contributed by atoms with Crippen LogP contribution in [0.15, 0.2) is 36.7 Å². The predicted octanol–water partition coefficient (Wildman–Crippen LogP) is 4.52. The van der Waals surface area contributed by atoms with Crippen molar-refractivity contribution in [2.45, 2.75) is 50.4 Å². The number of phenolic OH excluding ortho intramolecular Hbond substituents is 1. The topological polar surface area (TPSA) is 91.2 Å².